The fraction of sp³-hybridized carbons (Fsp3) is 0.263. The molecule has 1 aromatic carbocycles. The van der Waals surface area contributed by atoms with Gasteiger partial charge in [0.2, 0.25) is 5.91 Å². The Morgan fingerprint density at radius 1 is 1.30 bits per heavy atom. The molecule has 0 fully saturated rings. The average Bonchev–Trinajstić information content (AvgIpc) is 3.01. The lowest BCUT2D eigenvalue weighted by atomic mass is 9.86. The van der Waals surface area contributed by atoms with Crippen molar-refractivity contribution in [2.24, 2.45) is 5.41 Å². The fourth-order valence-corrected chi connectivity index (χ4v) is 3.05. The molecule has 2 aromatic rings. The average molecular weight is 389 g/mol. The molecule has 0 atom stereocenters. The zero-order valence-electron chi connectivity index (χ0n) is 15.2. The molecule has 0 aliphatic heterocycles. The van der Waals surface area contributed by atoms with Crippen molar-refractivity contribution in [3.8, 4) is 6.07 Å². The third-order valence-electron chi connectivity index (χ3n) is 3.51. The zero-order valence-corrected chi connectivity index (χ0v) is 16.0. The van der Waals surface area contributed by atoms with Gasteiger partial charge in [0.15, 0.2) is 10.9 Å². The van der Waals surface area contributed by atoms with Crippen LogP contribution in [0.2, 0.25) is 0 Å². The molecule has 0 saturated carbocycles. The Labute approximate surface area is 159 Å². The molecule has 0 saturated heterocycles. The summed E-state index contributed by atoms with van der Waals surface area (Å²) in [5.41, 5.74) is -0.650. The summed E-state index contributed by atoms with van der Waals surface area (Å²) in [6, 6.07) is 4.72. The van der Waals surface area contributed by atoms with E-state index in [4.69, 9.17) is 0 Å². The number of aromatic nitrogens is 1. The molecule has 1 aromatic heterocycles. The summed E-state index contributed by atoms with van der Waals surface area (Å²) in [5, 5.41) is 10.9. The number of allylic oxidation sites excluding steroid dienone is 1. The minimum atomic E-state index is -0.905. The summed E-state index contributed by atoms with van der Waals surface area (Å²) in [6.45, 7) is 6.31. The number of anilines is 2. The Kier molecular flexibility index (Phi) is 5.86. The molecular formula is C19H17F2N3O2S. The van der Waals surface area contributed by atoms with Gasteiger partial charge in [-0.05, 0) is 18.2 Å². The molecule has 5 nitrogen and oxygen atoms in total. The predicted octanol–water partition coefficient (Wildman–Crippen LogP) is 4.63. The lowest BCUT2D eigenvalue weighted by Gasteiger charge is -2.18. The minimum absolute atomic E-state index is 0.0679. The number of carbonyl (C=O) groups excluding carboxylic acids is 2. The molecular weight excluding hydrogens is 372 g/mol. The van der Waals surface area contributed by atoms with Crippen molar-refractivity contribution >= 4 is 39.9 Å². The number of Topliss-reactive ketones (excluding diaryl/α,β-unsaturated/α-hetero) is 1. The number of halogens is 2. The van der Waals surface area contributed by atoms with Crippen molar-refractivity contribution < 1.29 is 18.4 Å². The number of benzene rings is 1. The number of nitriles is 1. The Hall–Kier alpha value is -2.92. The number of nitrogens with zero attached hydrogens (tertiary/aromatic N) is 3. The van der Waals surface area contributed by atoms with Crippen LogP contribution in [0, 0.1) is 28.4 Å². The van der Waals surface area contributed by atoms with E-state index >= 15 is 0 Å². The predicted molar refractivity (Wildman–Crippen MR) is 99.3 cm³/mol. The number of ketones is 1. The third kappa shape index (κ3) is 4.63. The number of carbonyl (C=O) groups is 2. The van der Waals surface area contributed by atoms with Crippen molar-refractivity contribution in [1.29, 1.82) is 5.26 Å². The lowest BCUT2D eigenvalue weighted by molar-refractivity contribution is -0.122. The minimum Gasteiger partial charge on any atom is -0.293 e. The summed E-state index contributed by atoms with van der Waals surface area (Å²) in [5.74, 6) is -2.52. The molecule has 0 aliphatic carbocycles. The first-order valence-corrected chi connectivity index (χ1v) is 8.80. The molecule has 2 rings (SSSR count). The zero-order chi connectivity index (χ0) is 20.4. The summed E-state index contributed by atoms with van der Waals surface area (Å²) >= 11 is 1.03. The SMILES string of the molecule is CC(=O)N(c1nc(/C=C(\C#N)C(=O)C(C)(C)C)cs1)c1ccc(F)cc1F. The van der Waals surface area contributed by atoms with Crippen LogP contribution in [0.4, 0.5) is 19.6 Å². The van der Waals surface area contributed by atoms with E-state index in [1.807, 2.05) is 6.07 Å². The molecule has 0 spiro atoms. The van der Waals surface area contributed by atoms with Gasteiger partial charge in [0.1, 0.15) is 17.7 Å². The van der Waals surface area contributed by atoms with E-state index in [0.29, 0.717) is 6.07 Å². The maximum Gasteiger partial charge on any atom is 0.230 e. The first-order chi connectivity index (χ1) is 12.5. The Morgan fingerprint density at radius 3 is 2.48 bits per heavy atom. The van der Waals surface area contributed by atoms with Crippen molar-refractivity contribution in [2.75, 3.05) is 4.90 Å². The second-order valence-corrected chi connectivity index (χ2v) is 7.59. The van der Waals surface area contributed by atoms with Gasteiger partial charge in [-0.1, -0.05) is 20.8 Å². The normalized spacial score (nSPS) is 11.8. The van der Waals surface area contributed by atoms with Gasteiger partial charge in [-0.3, -0.25) is 14.5 Å². The molecule has 0 unspecified atom stereocenters. The molecule has 27 heavy (non-hydrogen) atoms. The highest BCUT2D eigenvalue weighted by atomic mass is 32.1. The van der Waals surface area contributed by atoms with Crippen molar-refractivity contribution in [3.05, 3.63) is 46.5 Å². The maximum atomic E-state index is 14.1. The van der Waals surface area contributed by atoms with E-state index in [1.165, 1.54) is 13.0 Å². The van der Waals surface area contributed by atoms with Crippen LogP contribution >= 0.6 is 11.3 Å². The van der Waals surface area contributed by atoms with Crippen LogP contribution in [-0.4, -0.2) is 16.7 Å². The Morgan fingerprint density at radius 2 is 1.96 bits per heavy atom. The van der Waals surface area contributed by atoms with Gasteiger partial charge in [-0.2, -0.15) is 5.26 Å². The summed E-state index contributed by atoms with van der Waals surface area (Å²) in [6.07, 6.45) is 1.33. The number of hydrogen-bond donors (Lipinski definition) is 0. The summed E-state index contributed by atoms with van der Waals surface area (Å²) in [7, 11) is 0. The van der Waals surface area contributed by atoms with Gasteiger partial charge in [0, 0.05) is 23.8 Å². The van der Waals surface area contributed by atoms with E-state index in [0.717, 1.165) is 28.4 Å². The highest BCUT2D eigenvalue weighted by molar-refractivity contribution is 7.14. The largest absolute Gasteiger partial charge is 0.293 e. The molecule has 0 radical (unpaired) electrons. The molecule has 0 N–H and O–H groups in total. The topological polar surface area (TPSA) is 74.1 Å². The first kappa shape index (κ1) is 20.4. The van der Waals surface area contributed by atoms with Crippen molar-refractivity contribution in [1.82, 2.24) is 4.98 Å². The maximum absolute atomic E-state index is 14.1. The van der Waals surface area contributed by atoms with Gasteiger partial charge in [-0.25, -0.2) is 13.8 Å². The van der Waals surface area contributed by atoms with E-state index in [9.17, 15) is 23.6 Å². The van der Waals surface area contributed by atoms with Crippen LogP contribution in [0.25, 0.3) is 6.08 Å². The number of amides is 1. The van der Waals surface area contributed by atoms with Crippen molar-refractivity contribution in [2.45, 2.75) is 27.7 Å². The number of rotatable bonds is 4. The standard InChI is InChI=1S/C19H17F2N3O2S/c1-11(25)24(16-6-5-13(20)8-15(16)21)18-23-14(10-27-18)7-12(9-22)17(26)19(2,3)4/h5-8,10H,1-4H3/b12-7+. The van der Waals surface area contributed by atoms with Crippen LogP contribution in [0.3, 0.4) is 0 Å². The number of thiazole rings is 1. The molecule has 1 amide bonds. The smallest absolute Gasteiger partial charge is 0.230 e. The Balaban J connectivity index is 2.45. The second kappa shape index (κ2) is 7.76. The van der Waals surface area contributed by atoms with Crippen LogP contribution in [0.15, 0.2) is 29.2 Å². The molecule has 1 heterocycles. The summed E-state index contributed by atoms with van der Waals surface area (Å²) < 4.78 is 27.2. The summed E-state index contributed by atoms with van der Waals surface area (Å²) in [4.78, 5) is 29.5. The highest BCUT2D eigenvalue weighted by Crippen LogP contribution is 2.32. The number of hydrogen-bond acceptors (Lipinski definition) is 5. The van der Waals surface area contributed by atoms with Crippen LogP contribution in [0.1, 0.15) is 33.4 Å². The first-order valence-electron chi connectivity index (χ1n) is 7.92. The van der Waals surface area contributed by atoms with Gasteiger partial charge in [0.05, 0.1) is 17.0 Å². The van der Waals surface area contributed by atoms with Gasteiger partial charge in [0.25, 0.3) is 0 Å². The van der Waals surface area contributed by atoms with Crippen LogP contribution in [0.5, 0.6) is 0 Å². The van der Waals surface area contributed by atoms with Crippen LogP contribution < -0.4 is 4.90 Å². The fourth-order valence-electron chi connectivity index (χ4n) is 2.22. The lowest BCUT2D eigenvalue weighted by Crippen LogP contribution is -2.23. The van der Waals surface area contributed by atoms with E-state index in [-0.39, 0.29) is 27.9 Å². The van der Waals surface area contributed by atoms with Gasteiger partial charge < -0.3 is 0 Å². The molecule has 140 valence electrons. The van der Waals surface area contributed by atoms with Crippen LogP contribution in [-0.2, 0) is 9.59 Å². The third-order valence-corrected chi connectivity index (χ3v) is 4.35. The van der Waals surface area contributed by atoms with Crippen molar-refractivity contribution in [3.63, 3.8) is 0 Å². The van der Waals surface area contributed by atoms with E-state index in [2.05, 4.69) is 4.98 Å². The molecule has 0 aliphatic rings. The second-order valence-electron chi connectivity index (χ2n) is 6.75. The van der Waals surface area contributed by atoms with E-state index < -0.39 is 23.0 Å². The Bertz CT molecular complexity index is 968. The highest BCUT2D eigenvalue weighted by Gasteiger charge is 2.26. The van der Waals surface area contributed by atoms with Gasteiger partial charge >= 0.3 is 0 Å². The van der Waals surface area contributed by atoms with E-state index in [1.54, 1.807) is 26.2 Å². The van der Waals surface area contributed by atoms with Gasteiger partial charge in [-0.15, -0.1) is 11.3 Å². The molecule has 8 heteroatoms. The quantitative estimate of drug-likeness (QED) is 0.564. The monoisotopic (exact) mass is 389 g/mol. The molecule has 0 bridgehead atoms.